The summed E-state index contributed by atoms with van der Waals surface area (Å²) in [6.07, 6.45) is 5.98. The first-order chi connectivity index (χ1) is 7.40. The van der Waals surface area contributed by atoms with Gasteiger partial charge in [-0.15, -0.1) is 0 Å². The van der Waals surface area contributed by atoms with Gasteiger partial charge in [-0.2, -0.15) is 0 Å². The summed E-state index contributed by atoms with van der Waals surface area (Å²) in [6, 6.07) is 1.78. The molecule has 1 aromatic heterocycles. The second-order valence-corrected chi connectivity index (χ2v) is 6.37. The molecule has 0 radical (unpaired) electrons. The molecule has 1 rings (SSSR count). The molecular formula is C11H18N2O2S. The van der Waals surface area contributed by atoms with Crippen LogP contribution in [0.15, 0.2) is 18.5 Å². The minimum atomic E-state index is -2.88. The number of aryl methyl sites for hydroxylation is 1. The van der Waals surface area contributed by atoms with Gasteiger partial charge in [0.05, 0.1) is 0 Å². The lowest BCUT2D eigenvalue weighted by Gasteiger charge is -2.13. The Morgan fingerprint density at radius 1 is 1.50 bits per heavy atom. The fourth-order valence-electron chi connectivity index (χ4n) is 1.59. The Morgan fingerprint density at radius 2 is 2.19 bits per heavy atom. The first-order valence-corrected chi connectivity index (χ1v) is 7.30. The molecule has 0 aliphatic heterocycles. The highest BCUT2D eigenvalue weighted by Crippen LogP contribution is 2.18. The van der Waals surface area contributed by atoms with Gasteiger partial charge < -0.3 is 5.73 Å². The summed E-state index contributed by atoms with van der Waals surface area (Å²) in [6.45, 7) is 1.98. The maximum absolute atomic E-state index is 11.0. The third-order valence-corrected chi connectivity index (χ3v) is 3.54. The van der Waals surface area contributed by atoms with Crippen molar-refractivity contribution in [2.75, 3.05) is 12.0 Å². The molecule has 2 N–H and O–H groups in total. The van der Waals surface area contributed by atoms with Crippen LogP contribution in [-0.2, 0) is 9.84 Å². The van der Waals surface area contributed by atoms with Crippen LogP contribution in [0.4, 0.5) is 0 Å². The van der Waals surface area contributed by atoms with Crippen molar-refractivity contribution >= 4 is 9.84 Å². The Kier molecular flexibility index (Phi) is 4.44. The zero-order valence-electron chi connectivity index (χ0n) is 9.68. The quantitative estimate of drug-likeness (QED) is 0.842. The molecule has 1 atom stereocenters. The van der Waals surface area contributed by atoms with Gasteiger partial charge in [0, 0.05) is 30.4 Å². The molecule has 0 fully saturated rings. The minimum absolute atomic E-state index is 0.129. The van der Waals surface area contributed by atoms with E-state index in [2.05, 4.69) is 4.98 Å². The largest absolute Gasteiger partial charge is 0.324 e. The summed E-state index contributed by atoms with van der Waals surface area (Å²) in [7, 11) is -2.88. The molecule has 5 heteroatoms. The van der Waals surface area contributed by atoms with Crippen LogP contribution >= 0.6 is 0 Å². The smallest absolute Gasteiger partial charge is 0.147 e. The van der Waals surface area contributed by atoms with Crippen molar-refractivity contribution in [2.45, 2.75) is 25.8 Å². The van der Waals surface area contributed by atoms with Crippen LogP contribution in [0.25, 0.3) is 0 Å². The molecule has 0 spiro atoms. The molecular weight excluding hydrogens is 224 g/mol. The first kappa shape index (κ1) is 13.1. The van der Waals surface area contributed by atoms with Crippen LogP contribution in [0.5, 0.6) is 0 Å². The molecule has 4 nitrogen and oxygen atoms in total. The van der Waals surface area contributed by atoms with Crippen LogP contribution in [0.3, 0.4) is 0 Å². The maximum atomic E-state index is 11.0. The van der Waals surface area contributed by atoms with Crippen molar-refractivity contribution in [3.63, 3.8) is 0 Å². The van der Waals surface area contributed by atoms with E-state index >= 15 is 0 Å². The topological polar surface area (TPSA) is 73.0 Å². The van der Waals surface area contributed by atoms with Gasteiger partial charge in [0.25, 0.3) is 0 Å². The van der Waals surface area contributed by atoms with Crippen molar-refractivity contribution in [2.24, 2.45) is 5.73 Å². The van der Waals surface area contributed by atoms with Crippen molar-refractivity contribution in [3.8, 4) is 0 Å². The molecule has 0 saturated carbocycles. The monoisotopic (exact) mass is 242 g/mol. The predicted octanol–water partition coefficient (Wildman–Crippen LogP) is 1.21. The number of hydrogen-bond acceptors (Lipinski definition) is 4. The SMILES string of the molecule is Cc1ccncc1C(N)CCCS(C)(=O)=O. The third-order valence-electron chi connectivity index (χ3n) is 2.51. The van der Waals surface area contributed by atoms with Gasteiger partial charge >= 0.3 is 0 Å². The summed E-state index contributed by atoms with van der Waals surface area (Å²) in [4.78, 5) is 4.03. The van der Waals surface area contributed by atoms with Crippen LogP contribution in [0.1, 0.15) is 30.0 Å². The fraction of sp³-hybridized carbons (Fsp3) is 0.545. The van der Waals surface area contributed by atoms with Crippen LogP contribution < -0.4 is 5.73 Å². The van der Waals surface area contributed by atoms with E-state index in [0.717, 1.165) is 11.1 Å². The molecule has 0 bridgehead atoms. The molecule has 0 aromatic carbocycles. The number of aromatic nitrogens is 1. The number of rotatable bonds is 5. The molecule has 0 amide bonds. The molecule has 16 heavy (non-hydrogen) atoms. The molecule has 0 saturated heterocycles. The zero-order chi connectivity index (χ0) is 12.2. The average Bonchev–Trinajstić information content (AvgIpc) is 2.16. The number of nitrogens with two attached hydrogens (primary N) is 1. The summed E-state index contributed by atoms with van der Waals surface area (Å²) in [5.41, 5.74) is 8.09. The normalized spacial score (nSPS) is 13.7. The van der Waals surface area contributed by atoms with E-state index in [9.17, 15) is 8.42 Å². The lowest BCUT2D eigenvalue weighted by Crippen LogP contribution is -2.14. The Morgan fingerprint density at radius 3 is 2.75 bits per heavy atom. The summed E-state index contributed by atoms with van der Waals surface area (Å²) >= 11 is 0. The van der Waals surface area contributed by atoms with E-state index in [0.29, 0.717) is 12.8 Å². The number of nitrogens with zero attached hydrogens (tertiary/aromatic N) is 1. The highest BCUT2D eigenvalue weighted by molar-refractivity contribution is 7.90. The summed E-state index contributed by atoms with van der Waals surface area (Å²) in [5, 5.41) is 0. The van der Waals surface area contributed by atoms with Gasteiger partial charge in [-0.1, -0.05) is 0 Å². The molecule has 1 aromatic rings. The van der Waals surface area contributed by atoms with Crippen LogP contribution in [0.2, 0.25) is 0 Å². The van der Waals surface area contributed by atoms with Crippen molar-refractivity contribution < 1.29 is 8.42 Å². The van der Waals surface area contributed by atoms with E-state index in [1.165, 1.54) is 6.26 Å². The second-order valence-electron chi connectivity index (χ2n) is 4.11. The van der Waals surface area contributed by atoms with Gasteiger partial charge in [0.15, 0.2) is 0 Å². The Labute approximate surface area is 96.8 Å². The fourth-order valence-corrected chi connectivity index (χ4v) is 2.28. The van der Waals surface area contributed by atoms with Gasteiger partial charge in [0.2, 0.25) is 0 Å². The van der Waals surface area contributed by atoms with Crippen molar-refractivity contribution in [3.05, 3.63) is 29.6 Å². The first-order valence-electron chi connectivity index (χ1n) is 5.24. The molecule has 90 valence electrons. The maximum Gasteiger partial charge on any atom is 0.147 e. The molecule has 0 aliphatic rings. The average molecular weight is 242 g/mol. The second kappa shape index (κ2) is 5.41. The number of hydrogen-bond donors (Lipinski definition) is 1. The molecule has 1 unspecified atom stereocenters. The summed E-state index contributed by atoms with van der Waals surface area (Å²) < 4.78 is 21.9. The van der Waals surface area contributed by atoms with Crippen molar-refractivity contribution in [1.82, 2.24) is 4.98 Å². The Bertz CT molecular complexity index is 443. The van der Waals surface area contributed by atoms with E-state index in [-0.39, 0.29) is 11.8 Å². The van der Waals surface area contributed by atoms with Crippen LogP contribution in [0, 0.1) is 6.92 Å². The van der Waals surface area contributed by atoms with E-state index < -0.39 is 9.84 Å². The van der Waals surface area contributed by atoms with Gasteiger partial charge in [-0.25, -0.2) is 8.42 Å². The highest BCUT2D eigenvalue weighted by atomic mass is 32.2. The van der Waals surface area contributed by atoms with Gasteiger partial charge in [-0.05, 0) is 37.0 Å². The predicted molar refractivity (Wildman–Crippen MR) is 64.8 cm³/mol. The Balaban J connectivity index is 2.54. The molecule has 1 heterocycles. The number of sulfone groups is 1. The number of pyridine rings is 1. The molecule has 0 aliphatic carbocycles. The van der Waals surface area contributed by atoms with E-state index in [4.69, 9.17) is 5.73 Å². The van der Waals surface area contributed by atoms with Gasteiger partial charge in [-0.3, -0.25) is 4.98 Å². The lowest BCUT2D eigenvalue weighted by atomic mass is 10.0. The van der Waals surface area contributed by atoms with Gasteiger partial charge in [0.1, 0.15) is 9.84 Å². The zero-order valence-corrected chi connectivity index (χ0v) is 10.5. The standard InChI is InChI=1S/C11H18N2O2S/c1-9-5-6-13-8-10(9)11(12)4-3-7-16(2,14)15/h5-6,8,11H,3-4,7,12H2,1-2H3. The third kappa shape index (κ3) is 4.28. The van der Waals surface area contributed by atoms with Crippen LogP contribution in [-0.4, -0.2) is 25.4 Å². The summed E-state index contributed by atoms with van der Waals surface area (Å²) in [5.74, 6) is 0.194. The van der Waals surface area contributed by atoms with Crippen molar-refractivity contribution in [1.29, 1.82) is 0 Å². The highest BCUT2D eigenvalue weighted by Gasteiger charge is 2.10. The minimum Gasteiger partial charge on any atom is -0.324 e. The lowest BCUT2D eigenvalue weighted by molar-refractivity contribution is 0.587. The Hall–Kier alpha value is -0.940. The van der Waals surface area contributed by atoms with E-state index in [1.807, 2.05) is 13.0 Å². The van der Waals surface area contributed by atoms with E-state index in [1.54, 1.807) is 12.4 Å².